The number of carbonyl (C=O) groups excluding carboxylic acids is 1. The summed E-state index contributed by atoms with van der Waals surface area (Å²) in [5.41, 5.74) is 2.09. The summed E-state index contributed by atoms with van der Waals surface area (Å²) in [7, 11) is 0. The topological polar surface area (TPSA) is 35.6 Å². The van der Waals surface area contributed by atoms with Gasteiger partial charge < -0.3 is 15.1 Å². The van der Waals surface area contributed by atoms with Crippen LogP contribution >= 0.6 is 24.0 Å². The van der Waals surface area contributed by atoms with Gasteiger partial charge in [-0.3, -0.25) is 4.79 Å². The van der Waals surface area contributed by atoms with Gasteiger partial charge in [0.2, 0.25) is 5.91 Å². The minimum absolute atomic E-state index is 0.00506. The zero-order chi connectivity index (χ0) is 16.1. The molecule has 1 aromatic carbocycles. The lowest BCUT2D eigenvalue weighted by atomic mass is 10.2. The Bertz CT molecular complexity index is 549. The third kappa shape index (κ3) is 4.61. The highest BCUT2D eigenvalue weighted by molar-refractivity contribution is 8.23. The Kier molecular flexibility index (Phi) is 5.78. The Hall–Kier alpha value is -1.27. The second-order valence-electron chi connectivity index (χ2n) is 6.04. The molecular formula is C17H23N3OS2. The Morgan fingerprint density at radius 3 is 2.30 bits per heavy atom. The van der Waals surface area contributed by atoms with Gasteiger partial charge in [0.1, 0.15) is 4.32 Å². The first-order chi connectivity index (χ1) is 11.2. The van der Waals surface area contributed by atoms with Crippen molar-refractivity contribution >= 4 is 45.6 Å². The summed E-state index contributed by atoms with van der Waals surface area (Å²) >= 11 is 6.84. The molecule has 2 fully saturated rings. The van der Waals surface area contributed by atoms with Crippen LogP contribution in [0.1, 0.15) is 25.7 Å². The van der Waals surface area contributed by atoms with Crippen molar-refractivity contribution in [1.29, 1.82) is 0 Å². The molecule has 2 saturated heterocycles. The highest BCUT2D eigenvalue weighted by atomic mass is 32.2. The molecule has 0 radical (unpaired) electrons. The maximum atomic E-state index is 12.1. The van der Waals surface area contributed by atoms with Gasteiger partial charge in [-0.2, -0.15) is 0 Å². The molecule has 0 aromatic heterocycles. The second-order valence-corrected chi connectivity index (χ2v) is 7.65. The fraction of sp³-hybridized carbons (Fsp3) is 0.529. The average molecular weight is 350 g/mol. The van der Waals surface area contributed by atoms with E-state index in [0.717, 1.165) is 36.2 Å². The highest BCUT2D eigenvalue weighted by Gasteiger charge is 2.16. The second kappa shape index (κ2) is 8.02. The summed E-state index contributed by atoms with van der Waals surface area (Å²) in [5.74, 6) is 0.383. The number of thiocarbonyl (C=S) groups is 1. The SMILES string of the molecule is O=C(CSC(=S)N1CCCC1)Nc1ccc(N2CCCC2)cc1. The third-order valence-electron chi connectivity index (χ3n) is 4.31. The van der Waals surface area contributed by atoms with Crippen molar-refractivity contribution in [2.45, 2.75) is 25.7 Å². The Labute approximate surface area is 147 Å². The van der Waals surface area contributed by atoms with Gasteiger partial charge in [0, 0.05) is 37.6 Å². The van der Waals surface area contributed by atoms with Crippen LogP contribution in [0.15, 0.2) is 24.3 Å². The van der Waals surface area contributed by atoms with Gasteiger partial charge in [-0.1, -0.05) is 24.0 Å². The Balaban J connectivity index is 1.44. The van der Waals surface area contributed by atoms with Crippen LogP contribution in [0.3, 0.4) is 0 Å². The number of hydrogen-bond donors (Lipinski definition) is 1. The van der Waals surface area contributed by atoms with Crippen molar-refractivity contribution in [1.82, 2.24) is 4.90 Å². The van der Waals surface area contributed by atoms with E-state index >= 15 is 0 Å². The van der Waals surface area contributed by atoms with Crippen LogP contribution in [0, 0.1) is 0 Å². The number of rotatable bonds is 4. The predicted molar refractivity (Wildman–Crippen MR) is 102 cm³/mol. The zero-order valence-electron chi connectivity index (χ0n) is 13.3. The summed E-state index contributed by atoms with van der Waals surface area (Å²) in [6.45, 7) is 4.34. The van der Waals surface area contributed by atoms with E-state index in [4.69, 9.17) is 12.2 Å². The Morgan fingerprint density at radius 1 is 1.04 bits per heavy atom. The fourth-order valence-corrected chi connectivity index (χ4v) is 4.10. The molecule has 0 saturated carbocycles. The van der Waals surface area contributed by atoms with Gasteiger partial charge in [-0.25, -0.2) is 0 Å². The van der Waals surface area contributed by atoms with Crippen LogP contribution in [-0.4, -0.2) is 47.1 Å². The van der Waals surface area contributed by atoms with Crippen LogP contribution in [0.4, 0.5) is 11.4 Å². The molecule has 1 aromatic rings. The summed E-state index contributed by atoms with van der Waals surface area (Å²) < 4.78 is 0.849. The zero-order valence-corrected chi connectivity index (χ0v) is 14.9. The summed E-state index contributed by atoms with van der Waals surface area (Å²) in [6.07, 6.45) is 4.95. The number of benzene rings is 1. The van der Waals surface area contributed by atoms with Crippen LogP contribution in [0.2, 0.25) is 0 Å². The summed E-state index contributed by atoms with van der Waals surface area (Å²) in [4.78, 5) is 16.6. The number of thioether (sulfide) groups is 1. The molecule has 1 N–H and O–H groups in total. The highest BCUT2D eigenvalue weighted by Crippen LogP contribution is 2.22. The van der Waals surface area contributed by atoms with Crippen molar-refractivity contribution in [2.24, 2.45) is 0 Å². The smallest absolute Gasteiger partial charge is 0.234 e. The van der Waals surface area contributed by atoms with E-state index in [2.05, 4.69) is 27.2 Å². The van der Waals surface area contributed by atoms with Crippen molar-refractivity contribution in [3.05, 3.63) is 24.3 Å². The monoisotopic (exact) mass is 349 g/mol. The normalized spacial score (nSPS) is 17.6. The van der Waals surface area contributed by atoms with E-state index < -0.39 is 0 Å². The molecule has 2 aliphatic rings. The number of carbonyl (C=O) groups is 1. The fourth-order valence-electron chi connectivity index (χ4n) is 3.05. The van der Waals surface area contributed by atoms with Gasteiger partial charge in [-0.05, 0) is 49.9 Å². The first kappa shape index (κ1) is 16.6. The van der Waals surface area contributed by atoms with E-state index in [1.165, 1.54) is 43.1 Å². The van der Waals surface area contributed by atoms with Crippen LogP contribution in [0.5, 0.6) is 0 Å². The molecule has 0 unspecified atom stereocenters. The minimum Gasteiger partial charge on any atom is -0.372 e. The average Bonchev–Trinajstić information content (AvgIpc) is 3.26. The van der Waals surface area contributed by atoms with Crippen molar-refractivity contribution in [3.63, 3.8) is 0 Å². The van der Waals surface area contributed by atoms with Crippen LogP contribution < -0.4 is 10.2 Å². The first-order valence-corrected chi connectivity index (χ1v) is 9.68. The van der Waals surface area contributed by atoms with Gasteiger partial charge in [-0.15, -0.1) is 0 Å². The van der Waals surface area contributed by atoms with E-state index in [9.17, 15) is 4.79 Å². The molecule has 6 heteroatoms. The lowest BCUT2D eigenvalue weighted by Crippen LogP contribution is -2.25. The lowest BCUT2D eigenvalue weighted by Gasteiger charge is -2.18. The number of amides is 1. The van der Waals surface area contributed by atoms with Gasteiger partial charge >= 0.3 is 0 Å². The van der Waals surface area contributed by atoms with Crippen LogP contribution in [-0.2, 0) is 4.79 Å². The maximum absolute atomic E-state index is 12.1. The number of nitrogens with one attached hydrogen (secondary N) is 1. The van der Waals surface area contributed by atoms with Crippen molar-refractivity contribution in [3.8, 4) is 0 Å². The molecular weight excluding hydrogens is 326 g/mol. The molecule has 0 spiro atoms. The van der Waals surface area contributed by atoms with E-state index in [-0.39, 0.29) is 5.91 Å². The number of hydrogen-bond acceptors (Lipinski definition) is 4. The van der Waals surface area contributed by atoms with E-state index in [1.807, 2.05) is 12.1 Å². The molecule has 124 valence electrons. The molecule has 1 amide bonds. The quantitative estimate of drug-likeness (QED) is 0.844. The molecule has 23 heavy (non-hydrogen) atoms. The van der Waals surface area contributed by atoms with Gasteiger partial charge in [0.25, 0.3) is 0 Å². The molecule has 4 nitrogen and oxygen atoms in total. The molecule has 2 heterocycles. The Morgan fingerprint density at radius 2 is 1.65 bits per heavy atom. The predicted octanol–water partition coefficient (Wildman–Crippen LogP) is 3.34. The first-order valence-electron chi connectivity index (χ1n) is 8.29. The largest absolute Gasteiger partial charge is 0.372 e. The summed E-state index contributed by atoms with van der Waals surface area (Å²) in [6, 6.07) is 8.13. The van der Waals surface area contributed by atoms with Gasteiger partial charge in [0.15, 0.2) is 0 Å². The number of nitrogens with zero attached hydrogens (tertiary/aromatic N) is 2. The number of anilines is 2. The molecule has 0 atom stereocenters. The third-order valence-corrected chi connectivity index (χ3v) is 5.84. The maximum Gasteiger partial charge on any atom is 0.234 e. The van der Waals surface area contributed by atoms with Crippen molar-refractivity contribution < 1.29 is 4.79 Å². The summed E-state index contributed by atoms with van der Waals surface area (Å²) in [5, 5.41) is 2.95. The molecule has 3 rings (SSSR count). The minimum atomic E-state index is 0.00506. The van der Waals surface area contributed by atoms with Crippen LogP contribution in [0.25, 0.3) is 0 Å². The van der Waals surface area contributed by atoms with Crippen molar-refractivity contribution in [2.75, 3.05) is 42.1 Å². The number of likely N-dealkylation sites (tertiary alicyclic amines) is 1. The molecule has 0 bridgehead atoms. The molecule has 0 aliphatic carbocycles. The lowest BCUT2D eigenvalue weighted by molar-refractivity contribution is -0.113. The van der Waals surface area contributed by atoms with Gasteiger partial charge in [0.05, 0.1) is 5.75 Å². The standard InChI is InChI=1S/C17H23N3OS2/c21-16(13-23-17(22)20-11-3-4-12-20)18-14-5-7-15(8-6-14)19-9-1-2-10-19/h5-8H,1-4,9-13H2,(H,18,21). The molecule has 2 aliphatic heterocycles. The van der Waals surface area contributed by atoms with E-state index in [1.54, 1.807) is 0 Å². The van der Waals surface area contributed by atoms with E-state index in [0.29, 0.717) is 5.75 Å².